The molecular weight excluding hydrogens is 368 g/mol. The second-order valence-corrected chi connectivity index (χ2v) is 8.44. The third-order valence-electron chi connectivity index (χ3n) is 3.11. The molecule has 0 fully saturated rings. The Morgan fingerprint density at radius 2 is 1.48 bits per heavy atom. The molecule has 0 aliphatic rings. The van der Waals surface area contributed by atoms with Crippen molar-refractivity contribution in [3.63, 3.8) is 0 Å². The molecule has 0 aromatic heterocycles. The van der Waals surface area contributed by atoms with Crippen LogP contribution in [0.25, 0.3) is 0 Å². The first-order valence-corrected chi connectivity index (χ1v) is 10.4. The monoisotopic (exact) mass is 386 g/mol. The molecule has 0 aliphatic heterocycles. The molecule has 25 heavy (non-hydrogen) atoms. The van der Waals surface area contributed by atoms with Crippen molar-refractivity contribution >= 4 is 31.4 Å². The highest BCUT2D eigenvalue weighted by molar-refractivity contribution is 7.93. The van der Waals surface area contributed by atoms with E-state index in [1.54, 1.807) is 12.1 Å². The first-order valence-electron chi connectivity index (χ1n) is 6.98. The van der Waals surface area contributed by atoms with Gasteiger partial charge in [0.05, 0.1) is 31.9 Å². The van der Waals surface area contributed by atoms with Crippen LogP contribution in [0.15, 0.2) is 47.4 Å². The smallest absolute Gasteiger partial charge is 0.265 e. The van der Waals surface area contributed by atoms with Gasteiger partial charge in [-0.15, -0.1) is 0 Å². The Morgan fingerprint density at radius 1 is 0.840 bits per heavy atom. The van der Waals surface area contributed by atoms with Crippen LogP contribution in [0.3, 0.4) is 0 Å². The molecule has 0 bridgehead atoms. The van der Waals surface area contributed by atoms with Gasteiger partial charge in [0.1, 0.15) is 16.4 Å². The van der Waals surface area contributed by atoms with Gasteiger partial charge in [0, 0.05) is 6.07 Å². The van der Waals surface area contributed by atoms with E-state index in [0.29, 0.717) is 0 Å². The zero-order valence-corrected chi connectivity index (χ0v) is 15.4. The van der Waals surface area contributed by atoms with Crippen molar-refractivity contribution in [3.05, 3.63) is 42.5 Å². The molecule has 8 nitrogen and oxygen atoms in total. The summed E-state index contributed by atoms with van der Waals surface area (Å²) in [5.74, 6) is 0.378. The average molecular weight is 386 g/mol. The van der Waals surface area contributed by atoms with Gasteiger partial charge in [0.15, 0.2) is 0 Å². The van der Waals surface area contributed by atoms with Crippen molar-refractivity contribution in [2.45, 2.75) is 4.90 Å². The minimum absolute atomic E-state index is 0.0187. The second kappa shape index (κ2) is 7.19. The van der Waals surface area contributed by atoms with Crippen LogP contribution in [0, 0.1) is 0 Å². The summed E-state index contributed by atoms with van der Waals surface area (Å²) in [5.41, 5.74) is 0.409. The highest BCUT2D eigenvalue weighted by atomic mass is 32.2. The minimum Gasteiger partial charge on any atom is -0.495 e. The largest absolute Gasteiger partial charge is 0.495 e. The van der Waals surface area contributed by atoms with Crippen LogP contribution in [0.4, 0.5) is 11.4 Å². The van der Waals surface area contributed by atoms with Gasteiger partial charge in [-0.1, -0.05) is 12.1 Å². The summed E-state index contributed by atoms with van der Waals surface area (Å²) >= 11 is 0. The van der Waals surface area contributed by atoms with Gasteiger partial charge in [-0.2, -0.15) is 0 Å². The molecule has 2 aromatic rings. The van der Waals surface area contributed by atoms with E-state index in [0.717, 1.165) is 6.26 Å². The Bertz CT molecular complexity index is 971. The topological polar surface area (TPSA) is 111 Å². The summed E-state index contributed by atoms with van der Waals surface area (Å²) in [4.78, 5) is -0.0187. The lowest BCUT2D eigenvalue weighted by Gasteiger charge is -2.14. The van der Waals surface area contributed by atoms with E-state index in [2.05, 4.69) is 9.44 Å². The molecule has 2 N–H and O–H groups in total. The summed E-state index contributed by atoms with van der Waals surface area (Å²) in [7, 11) is -4.67. The third kappa shape index (κ3) is 4.77. The zero-order chi connectivity index (χ0) is 18.7. The SMILES string of the molecule is COc1cc(NS(=O)(=O)c2ccccc2OC)ccc1NS(C)(=O)=O. The average Bonchev–Trinajstić information content (AvgIpc) is 2.54. The standard InChI is InChI=1S/C15H18N2O6S2/c1-22-13-6-4-5-7-15(13)25(20,21)16-11-8-9-12(14(10-11)23-2)17-24(3,18)19/h4-10,16-17H,1-3H3. The maximum Gasteiger partial charge on any atom is 0.265 e. The Balaban J connectivity index is 2.37. The van der Waals surface area contributed by atoms with Crippen molar-refractivity contribution < 1.29 is 26.3 Å². The van der Waals surface area contributed by atoms with Gasteiger partial charge in [-0.3, -0.25) is 9.44 Å². The number of nitrogens with one attached hydrogen (secondary N) is 2. The highest BCUT2D eigenvalue weighted by Crippen LogP contribution is 2.31. The van der Waals surface area contributed by atoms with Gasteiger partial charge in [0.25, 0.3) is 10.0 Å². The molecule has 0 atom stereocenters. The van der Waals surface area contributed by atoms with Gasteiger partial charge in [0.2, 0.25) is 10.0 Å². The normalized spacial score (nSPS) is 11.6. The number of methoxy groups -OCH3 is 2. The molecule has 0 radical (unpaired) electrons. The van der Waals surface area contributed by atoms with Crippen LogP contribution < -0.4 is 18.9 Å². The number of sulfonamides is 2. The fourth-order valence-electron chi connectivity index (χ4n) is 2.09. The van der Waals surface area contributed by atoms with Crippen LogP contribution in [0.5, 0.6) is 11.5 Å². The summed E-state index contributed by atoms with van der Waals surface area (Å²) < 4.78 is 62.7. The first kappa shape index (κ1) is 18.9. The van der Waals surface area contributed by atoms with Gasteiger partial charge < -0.3 is 9.47 Å². The lowest BCUT2D eigenvalue weighted by atomic mass is 10.2. The number of ether oxygens (including phenoxy) is 2. The number of benzene rings is 2. The van der Waals surface area contributed by atoms with E-state index in [-0.39, 0.29) is 27.8 Å². The maximum absolute atomic E-state index is 12.6. The lowest BCUT2D eigenvalue weighted by molar-refractivity contribution is 0.403. The number of anilines is 2. The summed E-state index contributed by atoms with van der Waals surface area (Å²) in [5, 5.41) is 0. The fourth-order valence-corrected chi connectivity index (χ4v) is 3.88. The Morgan fingerprint density at radius 3 is 2.08 bits per heavy atom. The van der Waals surface area contributed by atoms with E-state index in [1.807, 2.05) is 0 Å². The van der Waals surface area contributed by atoms with Crippen molar-refractivity contribution in [2.75, 3.05) is 29.9 Å². The van der Waals surface area contributed by atoms with Crippen LogP contribution in [0.1, 0.15) is 0 Å². The number of hydrogen-bond acceptors (Lipinski definition) is 6. The molecule has 0 saturated carbocycles. The van der Waals surface area contributed by atoms with E-state index < -0.39 is 20.0 Å². The Kier molecular flexibility index (Phi) is 5.43. The molecule has 136 valence electrons. The van der Waals surface area contributed by atoms with Crippen molar-refractivity contribution in [2.24, 2.45) is 0 Å². The van der Waals surface area contributed by atoms with Crippen LogP contribution in [0.2, 0.25) is 0 Å². The summed E-state index contributed by atoms with van der Waals surface area (Å²) in [6, 6.07) is 10.4. The van der Waals surface area contributed by atoms with Crippen LogP contribution in [-0.4, -0.2) is 37.3 Å². The molecule has 0 amide bonds. The minimum atomic E-state index is -3.90. The number of hydrogen-bond donors (Lipinski definition) is 2. The lowest BCUT2D eigenvalue weighted by Crippen LogP contribution is -2.15. The van der Waals surface area contributed by atoms with Gasteiger partial charge in [-0.25, -0.2) is 16.8 Å². The highest BCUT2D eigenvalue weighted by Gasteiger charge is 2.20. The van der Waals surface area contributed by atoms with Gasteiger partial charge in [-0.05, 0) is 24.3 Å². The van der Waals surface area contributed by atoms with E-state index in [1.165, 1.54) is 44.6 Å². The molecule has 0 spiro atoms. The molecule has 0 aliphatic carbocycles. The molecule has 10 heteroatoms. The Labute approximate surface area is 146 Å². The molecule has 0 unspecified atom stereocenters. The van der Waals surface area contributed by atoms with Crippen molar-refractivity contribution in [1.82, 2.24) is 0 Å². The molecule has 0 heterocycles. The quantitative estimate of drug-likeness (QED) is 0.752. The third-order valence-corrected chi connectivity index (χ3v) is 5.12. The molecular formula is C15H18N2O6S2. The second-order valence-electron chi connectivity index (χ2n) is 5.05. The summed E-state index contributed by atoms with van der Waals surface area (Å²) in [6.45, 7) is 0. The predicted molar refractivity (Wildman–Crippen MR) is 95.3 cm³/mol. The summed E-state index contributed by atoms with van der Waals surface area (Å²) in [6.07, 6.45) is 1.00. The molecule has 2 aromatic carbocycles. The predicted octanol–water partition coefficient (Wildman–Crippen LogP) is 1.88. The molecule has 2 rings (SSSR count). The number of para-hydroxylation sites is 1. The Hall–Kier alpha value is -2.46. The van der Waals surface area contributed by atoms with E-state index in [4.69, 9.17) is 9.47 Å². The van der Waals surface area contributed by atoms with Crippen molar-refractivity contribution in [1.29, 1.82) is 0 Å². The van der Waals surface area contributed by atoms with Gasteiger partial charge >= 0.3 is 0 Å². The van der Waals surface area contributed by atoms with E-state index in [9.17, 15) is 16.8 Å². The zero-order valence-electron chi connectivity index (χ0n) is 13.8. The van der Waals surface area contributed by atoms with Crippen LogP contribution in [-0.2, 0) is 20.0 Å². The first-order chi connectivity index (χ1) is 11.7. The van der Waals surface area contributed by atoms with Crippen molar-refractivity contribution in [3.8, 4) is 11.5 Å². The maximum atomic E-state index is 12.6. The van der Waals surface area contributed by atoms with Crippen LogP contribution >= 0.6 is 0 Å². The van der Waals surface area contributed by atoms with E-state index >= 15 is 0 Å². The molecule has 0 saturated heterocycles. The fraction of sp³-hybridized carbons (Fsp3) is 0.200. The number of rotatable bonds is 7.